The van der Waals surface area contributed by atoms with Crippen LogP contribution in [-0.2, 0) is 9.63 Å². The highest BCUT2D eigenvalue weighted by Crippen LogP contribution is 2.24. The molecule has 0 spiro atoms. The van der Waals surface area contributed by atoms with Crippen LogP contribution in [0.4, 0.5) is 5.69 Å². The number of rotatable bonds is 8. The Hall–Kier alpha value is -3.26. The van der Waals surface area contributed by atoms with Gasteiger partial charge < -0.3 is 14.8 Å². The number of aromatic nitrogens is 1. The van der Waals surface area contributed by atoms with Crippen molar-refractivity contribution in [3.8, 4) is 0 Å². The van der Waals surface area contributed by atoms with Crippen molar-refractivity contribution in [3.05, 3.63) is 59.9 Å². The van der Waals surface area contributed by atoms with Crippen molar-refractivity contribution in [2.24, 2.45) is 11.1 Å². The molecule has 33 heavy (non-hydrogen) atoms. The van der Waals surface area contributed by atoms with Gasteiger partial charge in [0, 0.05) is 49.6 Å². The second kappa shape index (κ2) is 10.6. The smallest absolute Gasteiger partial charge is 0.303 e. The number of carboxylic acid groups (broad SMARTS) is 1. The Balaban J connectivity index is 1.30. The largest absolute Gasteiger partial charge is 0.481 e. The molecule has 8 heteroatoms. The van der Waals surface area contributed by atoms with Gasteiger partial charge in [0.1, 0.15) is 11.9 Å². The summed E-state index contributed by atoms with van der Waals surface area (Å²) in [6, 6.07) is 11.8. The maximum absolute atomic E-state index is 10.9. The van der Waals surface area contributed by atoms with Crippen molar-refractivity contribution in [3.63, 3.8) is 0 Å². The van der Waals surface area contributed by atoms with Crippen LogP contribution in [0.1, 0.15) is 43.7 Å². The summed E-state index contributed by atoms with van der Waals surface area (Å²) < 4.78 is 0. The Kier molecular flexibility index (Phi) is 7.34. The number of hydrogen-bond donors (Lipinski definition) is 2. The molecule has 2 aliphatic heterocycles. The van der Waals surface area contributed by atoms with Gasteiger partial charge in [0.05, 0.1) is 5.71 Å². The lowest BCUT2D eigenvalue weighted by molar-refractivity contribution is -0.138. The van der Waals surface area contributed by atoms with Gasteiger partial charge in [-0.05, 0) is 56.5 Å². The van der Waals surface area contributed by atoms with Gasteiger partial charge >= 0.3 is 5.97 Å². The van der Waals surface area contributed by atoms with Crippen LogP contribution in [-0.4, -0.2) is 64.8 Å². The molecule has 174 valence electrons. The summed E-state index contributed by atoms with van der Waals surface area (Å²) in [6.45, 7) is 5.36. The average Bonchev–Trinajstić information content (AvgIpc) is 3.30. The van der Waals surface area contributed by atoms with E-state index in [1.54, 1.807) is 12.4 Å². The van der Waals surface area contributed by atoms with Gasteiger partial charge in [-0.25, -0.2) is 0 Å². The molecule has 4 rings (SSSR count). The van der Waals surface area contributed by atoms with Crippen LogP contribution in [0, 0.1) is 11.3 Å². The van der Waals surface area contributed by atoms with Crippen LogP contribution < -0.4 is 4.90 Å². The minimum atomic E-state index is -0.702. The third kappa shape index (κ3) is 5.76. The van der Waals surface area contributed by atoms with Crippen LogP contribution in [0.5, 0.6) is 0 Å². The van der Waals surface area contributed by atoms with Crippen LogP contribution in [0.15, 0.2) is 53.9 Å². The van der Waals surface area contributed by atoms with Crippen molar-refractivity contribution in [2.45, 2.75) is 38.7 Å². The number of anilines is 1. The fourth-order valence-electron chi connectivity index (χ4n) is 4.57. The van der Waals surface area contributed by atoms with Crippen molar-refractivity contribution >= 4 is 23.2 Å². The second-order valence-corrected chi connectivity index (χ2v) is 8.69. The van der Waals surface area contributed by atoms with Gasteiger partial charge in [-0.3, -0.25) is 20.1 Å². The van der Waals surface area contributed by atoms with Gasteiger partial charge in [-0.15, -0.1) is 0 Å². The predicted molar refractivity (Wildman–Crippen MR) is 128 cm³/mol. The molecule has 1 unspecified atom stereocenters. The van der Waals surface area contributed by atoms with Gasteiger partial charge in [-0.2, -0.15) is 0 Å². The normalized spacial score (nSPS) is 19.1. The number of benzene rings is 1. The van der Waals surface area contributed by atoms with E-state index in [-0.39, 0.29) is 18.4 Å². The third-order valence-electron chi connectivity index (χ3n) is 6.42. The van der Waals surface area contributed by atoms with Crippen LogP contribution >= 0.6 is 0 Å². The molecular weight excluding hydrogens is 418 g/mol. The number of oxime groups is 1. The molecule has 0 bridgehead atoms. The molecule has 1 fully saturated rings. The minimum Gasteiger partial charge on any atom is -0.481 e. The molecule has 1 aromatic carbocycles. The summed E-state index contributed by atoms with van der Waals surface area (Å²) in [6.07, 6.45) is 6.37. The number of amidine groups is 1. The first-order valence-corrected chi connectivity index (χ1v) is 11.6. The van der Waals surface area contributed by atoms with E-state index in [1.807, 2.05) is 48.2 Å². The number of aliphatic carboxylic acids is 1. The number of pyridine rings is 1. The molecule has 1 aromatic heterocycles. The van der Waals surface area contributed by atoms with Crippen molar-refractivity contribution in [2.75, 3.05) is 31.1 Å². The van der Waals surface area contributed by atoms with Crippen molar-refractivity contribution < 1.29 is 14.7 Å². The Labute approximate surface area is 194 Å². The van der Waals surface area contributed by atoms with Crippen molar-refractivity contribution in [1.29, 1.82) is 5.41 Å². The zero-order valence-corrected chi connectivity index (χ0v) is 19.0. The molecule has 0 saturated carbocycles. The molecule has 2 N–H and O–H groups in total. The molecule has 0 amide bonds. The predicted octanol–water partition coefficient (Wildman–Crippen LogP) is 3.61. The first-order valence-electron chi connectivity index (χ1n) is 11.6. The van der Waals surface area contributed by atoms with Crippen molar-refractivity contribution in [1.82, 2.24) is 9.88 Å². The van der Waals surface area contributed by atoms with Gasteiger partial charge in [-0.1, -0.05) is 29.4 Å². The van der Waals surface area contributed by atoms with Crippen LogP contribution in [0.3, 0.4) is 0 Å². The minimum absolute atomic E-state index is 0.0243. The highest BCUT2D eigenvalue weighted by atomic mass is 16.6. The van der Waals surface area contributed by atoms with Crippen LogP contribution in [0.2, 0.25) is 0 Å². The van der Waals surface area contributed by atoms with Gasteiger partial charge in [0.25, 0.3) is 0 Å². The van der Waals surface area contributed by atoms with Gasteiger partial charge in [0.2, 0.25) is 0 Å². The number of carboxylic acids is 1. The molecule has 0 radical (unpaired) electrons. The second-order valence-electron chi connectivity index (χ2n) is 8.69. The zero-order valence-electron chi connectivity index (χ0n) is 19.0. The Morgan fingerprint density at radius 1 is 1.18 bits per heavy atom. The summed E-state index contributed by atoms with van der Waals surface area (Å²) in [5.74, 6) is 0.0325. The fraction of sp³-hybridized carbons (Fsp3) is 0.440. The van der Waals surface area contributed by atoms with E-state index in [2.05, 4.69) is 15.0 Å². The van der Waals surface area contributed by atoms with E-state index < -0.39 is 5.97 Å². The molecule has 2 aliphatic rings. The SMILES string of the molecule is CCN(C(=N)c1ccc(C2=NOC(CN3CCC(CC(=O)O)CC3)C2)cc1)c1ccncc1. The Morgan fingerprint density at radius 3 is 2.52 bits per heavy atom. The highest BCUT2D eigenvalue weighted by Gasteiger charge is 2.28. The Bertz CT molecular complexity index is 985. The van der Waals surface area contributed by atoms with E-state index in [0.717, 1.165) is 61.4 Å². The number of carbonyl (C=O) groups is 1. The standard InChI is InChI=1S/C25H31N5O3/c1-2-30(21-7-11-27-12-8-21)25(26)20-5-3-19(4-6-20)23-16-22(33-28-23)17-29-13-9-18(10-14-29)15-24(31)32/h3-8,11-12,18,22,26H,2,9-10,13-17H2,1H3,(H,31,32). The lowest BCUT2D eigenvalue weighted by Gasteiger charge is -2.32. The molecule has 1 saturated heterocycles. The highest BCUT2D eigenvalue weighted by molar-refractivity contribution is 6.08. The zero-order chi connectivity index (χ0) is 23.2. The molecule has 2 aromatic rings. The monoisotopic (exact) mass is 449 g/mol. The van der Waals surface area contributed by atoms with E-state index in [0.29, 0.717) is 12.4 Å². The summed E-state index contributed by atoms with van der Waals surface area (Å²) >= 11 is 0. The summed E-state index contributed by atoms with van der Waals surface area (Å²) in [5.41, 5.74) is 3.74. The van der Waals surface area contributed by atoms with E-state index >= 15 is 0 Å². The maximum atomic E-state index is 10.9. The number of nitrogens with zero attached hydrogens (tertiary/aromatic N) is 4. The number of likely N-dealkylation sites (tertiary alicyclic amines) is 1. The molecule has 0 aliphatic carbocycles. The molecular formula is C25H31N5O3. The lowest BCUT2D eigenvalue weighted by Crippen LogP contribution is -2.39. The average molecular weight is 450 g/mol. The first-order chi connectivity index (χ1) is 16.0. The maximum Gasteiger partial charge on any atom is 0.303 e. The lowest BCUT2D eigenvalue weighted by atomic mass is 9.93. The van der Waals surface area contributed by atoms with E-state index in [1.165, 1.54) is 0 Å². The number of hydrogen-bond acceptors (Lipinski definition) is 6. The summed E-state index contributed by atoms with van der Waals surface area (Å²) in [4.78, 5) is 25.0. The summed E-state index contributed by atoms with van der Waals surface area (Å²) in [7, 11) is 0. The molecule has 3 heterocycles. The van der Waals surface area contributed by atoms with Gasteiger partial charge in [0.15, 0.2) is 0 Å². The third-order valence-corrected chi connectivity index (χ3v) is 6.42. The van der Waals surface area contributed by atoms with E-state index in [9.17, 15) is 4.79 Å². The number of piperidine rings is 1. The molecule has 8 nitrogen and oxygen atoms in total. The first kappa shape index (κ1) is 22.9. The number of nitrogens with one attached hydrogen (secondary N) is 1. The fourth-order valence-corrected chi connectivity index (χ4v) is 4.57. The quantitative estimate of drug-likeness (QED) is 0.471. The topological polar surface area (TPSA) is 102 Å². The van der Waals surface area contributed by atoms with Crippen LogP contribution in [0.25, 0.3) is 0 Å². The summed E-state index contributed by atoms with van der Waals surface area (Å²) in [5, 5.41) is 21.9. The molecule has 1 atom stereocenters. The van der Waals surface area contributed by atoms with E-state index in [4.69, 9.17) is 15.4 Å². The Morgan fingerprint density at radius 2 is 1.88 bits per heavy atom.